The molecule has 3 rings (SSSR count). The molecule has 2 aromatic carbocycles. The highest BCUT2D eigenvalue weighted by Gasteiger charge is 2.22. The number of nitrogens with zero attached hydrogens (tertiary/aromatic N) is 2. The van der Waals surface area contributed by atoms with Gasteiger partial charge in [0.25, 0.3) is 0 Å². The summed E-state index contributed by atoms with van der Waals surface area (Å²) in [5.41, 5.74) is 1.96. The first-order chi connectivity index (χ1) is 15.2. The molecule has 32 heavy (non-hydrogen) atoms. The SMILES string of the molecule is CCNC(=NCC(c1ccc(F)cc1)N1CCOCC1)NCCC(O)c1ccccc1.I. The number of aliphatic imine (C=N–C) groups is 1. The van der Waals surface area contributed by atoms with Gasteiger partial charge in [-0.15, -0.1) is 24.0 Å². The monoisotopic (exact) mass is 556 g/mol. The Balaban J connectivity index is 0.00000363. The number of halogens is 2. The van der Waals surface area contributed by atoms with E-state index in [9.17, 15) is 9.50 Å². The van der Waals surface area contributed by atoms with Crippen molar-refractivity contribution in [3.63, 3.8) is 0 Å². The van der Waals surface area contributed by atoms with E-state index < -0.39 is 6.10 Å². The van der Waals surface area contributed by atoms with Crippen LogP contribution in [0.15, 0.2) is 59.6 Å². The number of aliphatic hydroxyl groups excluding tert-OH is 1. The molecule has 1 aliphatic rings. The summed E-state index contributed by atoms with van der Waals surface area (Å²) in [5, 5.41) is 17.0. The second kappa shape index (κ2) is 14.4. The molecule has 0 bridgehead atoms. The summed E-state index contributed by atoms with van der Waals surface area (Å²) in [6.45, 7) is 6.94. The first kappa shape index (κ1) is 26.5. The largest absolute Gasteiger partial charge is 0.388 e. The molecule has 1 fully saturated rings. The van der Waals surface area contributed by atoms with Crippen molar-refractivity contribution < 1.29 is 14.2 Å². The van der Waals surface area contributed by atoms with Gasteiger partial charge in [-0.25, -0.2) is 4.39 Å². The average molecular weight is 556 g/mol. The minimum Gasteiger partial charge on any atom is -0.388 e. The summed E-state index contributed by atoms with van der Waals surface area (Å²) >= 11 is 0. The van der Waals surface area contributed by atoms with Crippen molar-refractivity contribution in [2.24, 2.45) is 4.99 Å². The molecule has 6 nitrogen and oxygen atoms in total. The smallest absolute Gasteiger partial charge is 0.191 e. The highest BCUT2D eigenvalue weighted by atomic mass is 127. The first-order valence-electron chi connectivity index (χ1n) is 11.0. The molecule has 3 N–H and O–H groups in total. The number of nitrogens with one attached hydrogen (secondary N) is 2. The maximum atomic E-state index is 13.4. The molecule has 0 amide bonds. The molecule has 8 heteroatoms. The zero-order valence-electron chi connectivity index (χ0n) is 18.5. The molecule has 2 aromatic rings. The Kier molecular flexibility index (Phi) is 11.9. The standard InChI is InChI=1S/C24H33FN4O2.HI/c1-2-26-24(27-13-12-23(30)20-6-4-3-5-7-20)28-18-22(29-14-16-31-17-15-29)19-8-10-21(25)11-9-19;/h3-11,22-23,30H,2,12-18H2,1H3,(H2,26,27,28);1H. The van der Waals surface area contributed by atoms with Gasteiger partial charge in [-0.2, -0.15) is 0 Å². The zero-order chi connectivity index (χ0) is 21.9. The number of aliphatic hydroxyl groups is 1. The molecule has 2 unspecified atom stereocenters. The van der Waals surface area contributed by atoms with Crippen LogP contribution < -0.4 is 10.6 Å². The van der Waals surface area contributed by atoms with E-state index >= 15 is 0 Å². The van der Waals surface area contributed by atoms with Crippen LogP contribution in [0.5, 0.6) is 0 Å². The maximum Gasteiger partial charge on any atom is 0.191 e. The van der Waals surface area contributed by atoms with Crippen LogP contribution in [0.25, 0.3) is 0 Å². The average Bonchev–Trinajstić information content (AvgIpc) is 2.81. The molecule has 0 radical (unpaired) electrons. The predicted molar refractivity (Wildman–Crippen MR) is 137 cm³/mol. The highest BCUT2D eigenvalue weighted by molar-refractivity contribution is 14.0. The lowest BCUT2D eigenvalue weighted by atomic mass is 10.0. The first-order valence-corrected chi connectivity index (χ1v) is 11.0. The third kappa shape index (κ3) is 8.31. The van der Waals surface area contributed by atoms with E-state index in [1.54, 1.807) is 0 Å². The third-order valence-electron chi connectivity index (χ3n) is 5.40. The van der Waals surface area contributed by atoms with Crippen LogP contribution in [-0.2, 0) is 4.74 Å². The van der Waals surface area contributed by atoms with Gasteiger partial charge in [0.1, 0.15) is 5.82 Å². The molecule has 1 aliphatic heterocycles. The fraction of sp³-hybridized carbons (Fsp3) is 0.458. The molecule has 176 valence electrons. The minimum atomic E-state index is -0.517. The zero-order valence-corrected chi connectivity index (χ0v) is 20.9. The number of hydrogen-bond donors (Lipinski definition) is 3. The van der Waals surface area contributed by atoms with Crippen LogP contribution in [-0.4, -0.2) is 61.9 Å². The molecular weight excluding hydrogens is 522 g/mol. The van der Waals surface area contributed by atoms with Gasteiger partial charge >= 0.3 is 0 Å². The summed E-state index contributed by atoms with van der Waals surface area (Å²) < 4.78 is 18.9. The van der Waals surface area contributed by atoms with E-state index in [-0.39, 0.29) is 35.8 Å². The molecule has 0 aromatic heterocycles. The molecule has 0 spiro atoms. The Hall–Kier alpha value is -1.75. The Morgan fingerprint density at radius 3 is 2.41 bits per heavy atom. The number of rotatable bonds is 9. The van der Waals surface area contributed by atoms with Crippen LogP contribution >= 0.6 is 24.0 Å². The number of ether oxygens (including phenoxy) is 1. The van der Waals surface area contributed by atoms with Crippen molar-refractivity contribution in [3.8, 4) is 0 Å². The Morgan fingerprint density at radius 1 is 1.06 bits per heavy atom. The van der Waals surface area contributed by atoms with Crippen LogP contribution in [0.3, 0.4) is 0 Å². The second-order valence-corrected chi connectivity index (χ2v) is 7.58. The van der Waals surface area contributed by atoms with Crippen molar-refractivity contribution in [2.45, 2.75) is 25.5 Å². The maximum absolute atomic E-state index is 13.4. The predicted octanol–water partition coefficient (Wildman–Crippen LogP) is 3.50. The number of guanidine groups is 1. The van der Waals surface area contributed by atoms with Gasteiger partial charge < -0.3 is 20.5 Å². The Labute approximate surface area is 207 Å². The molecule has 2 atom stereocenters. The lowest BCUT2D eigenvalue weighted by Crippen LogP contribution is -2.42. The molecule has 0 aliphatic carbocycles. The van der Waals surface area contributed by atoms with E-state index in [1.165, 1.54) is 12.1 Å². The normalized spacial score (nSPS) is 16.7. The molecular formula is C24H34FIN4O2. The van der Waals surface area contributed by atoms with E-state index in [0.717, 1.165) is 30.8 Å². The molecule has 1 saturated heterocycles. The fourth-order valence-corrected chi connectivity index (χ4v) is 3.69. The van der Waals surface area contributed by atoms with Gasteiger partial charge in [-0.05, 0) is 36.6 Å². The Morgan fingerprint density at radius 2 is 1.75 bits per heavy atom. The van der Waals surface area contributed by atoms with Crippen LogP contribution in [0.4, 0.5) is 4.39 Å². The molecule has 1 heterocycles. The van der Waals surface area contributed by atoms with Gasteiger partial charge in [0.15, 0.2) is 5.96 Å². The van der Waals surface area contributed by atoms with Crippen molar-refractivity contribution in [2.75, 3.05) is 45.9 Å². The topological polar surface area (TPSA) is 69.1 Å². The van der Waals surface area contributed by atoms with Gasteiger partial charge in [-0.1, -0.05) is 42.5 Å². The number of benzene rings is 2. The van der Waals surface area contributed by atoms with Gasteiger partial charge in [0, 0.05) is 26.2 Å². The van der Waals surface area contributed by atoms with Crippen molar-refractivity contribution in [3.05, 3.63) is 71.5 Å². The van der Waals surface area contributed by atoms with Crippen LogP contribution in [0.1, 0.15) is 36.6 Å². The van der Waals surface area contributed by atoms with E-state index in [1.807, 2.05) is 49.4 Å². The van der Waals surface area contributed by atoms with Gasteiger partial charge in [-0.3, -0.25) is 9.89 Å². The number of hydrogen-bond acceptors (Lipinski definition) is 4. The summed E-state index contributed by atoms with van der Waals surface area (Å²) in [6, 6.07) is 16.4. The van der Waals surface area contributed by atoms with Crippen molar-refractivity contribution >= 4 is 29.9 Å². The summed E-state index contributed by atoms with van der Waals surface area (Å²) in [5.74, 6) is 0.475. The summed E-state index contributed by atoms with van der Waals surface area (Å²) in [6.07, 6.45) is 0.0659. The highest BCUT2D eigenvalue weighted by Crippen LogP contribution is 2.23. The quantitative estimate of drug-likeness (QED) is 0.251. The van der Waals surface area contributed by atoms with E-state index in [2.05, 4.69) is 15.5 Å². The lowest BCUT2D eigenvalue weighted by molar-refractivity contribution is 0.0179. The lowest BCUT2D eigenvalue weighted by Gasteiger charge is -2.34. The second-order valence-electron chi connectivity index (χ2n) is 7.58. The summed E-state index contributed by atoms with van der Waals surface area (Å²) in [7, 11) is 0. The minimum absolute atomic E-state index is 0. The summed E-state index contributed by atoms with van der Waals surface area (Å²) in [4.78, 5) is 7.13. The Bertz CT molecular complexity index is 801. The van der Waals surface area contributed by atoms with Crippen LogP contribution in [0, 0.1) is 5.82 Å². The number of morpholine rings is 1. The van der Waals surface area contributed by atoms with Crippen molar-refractivity contribution in [1.29, 1.82) is 0 Å². The van der Waals surface area contributed by atoms with Gasteiger partial charge in [0.2, 0.25) is 0 Å². The molecule has 0 saturated carbocycles. The van der Waals surface area contributed by atoms with Crippen molar-refractivity contribution in [1.82, 2.24) is 15.5 Å². The fourth-order valence-electron chi connectivity index (χ4n) is 3.69. The van der Waals surface area contributed by atoms with Crippen LogP contribution in [0.2, 0.25) is 0 Å². The van der Waals surface area contributed by atoms with E-state index in [4.69, 9.17) is 9.73 Å². The third-order valence-corrected chi connectivity index (χ3v) is 5.40. The van der Waals surface area contributed by atoms with Gasteiger partial charge in [0.05, 0.1) is 31.9 Å². The van der Waals surface area contributed by atoms with E-state index in [0.29, 0.717) is 38.7 Å².